The van der Waals surface area contributed by atoms with Gasteiger partial charge in [0.25, 0.3) is 0 Å². The fourth-order valence-electron chi connectivity index (χ4n) is 2.61. The molecule has 0 unspecified atom stereocenters. The van der Waals surface area contributed by atoms with Crippen LogP contribution < -0.4 is 5.32 Å². The highest BCUT2D eigenvalue weighted by Gasteiger charge is 2.33. The smallest absolute Gasteiger partial charge is 0.317 e. The zero-order valence-electron chi connectivity index (χ0n) is 10.5. The number of rotatable bonds is 1. The highest BCUT2D eigenvalue weighted by atomic mass is 16.2. The van der Waals surface area contributed by atoms with Crippen molar-refractivity contribution in [3.8, 4) is 0 Å². The first-order chi connectivity index (χ1) is 7.57. The predicted molar refractivity (Wildman–Crippen MR) is 64.8 cm³/mol. The van der Waals surface area contributed by atoms with Gasteiger partial charge in [0.15, 0.2) is 0 Å². The van der Waals surface area contributed by atoms with Gasteiger partial charge < -0.3 is 10.2 Å². The molecule has 0 aromatic rings. The molecular formula is C13H23N2O. The minimum Gasteiger partial charge on any atom is -0.335 e. The molecule has 3 heteroatoms. The molecule has 0 aromatic heterocycles. The Hall–Kier alpha value is -0.730. The summed E-state index contributed by atoms with van der Waals surface area (Å²) in [5.74, 6) is 0. The molecule has 0 spiro atoms. The van der Waals surface area contributed by atoms with Crippen LogP contribution in [0.4, 0.5) is 4.79 Å². The summed E-state index contributed by atoms with van der Waals surface area (Å²) in [5, 5.41) is 3.15. The van der Waals surface area contributed by atoms with Crippen LogP contribution in [0.1, 0.15) is 52.4 Å². The number of nitrogens with zero attached hydrogens (tertiary/aromatic N) is 1. The van der Waals surface area contributed by atoms with Gasteiger partial charge in [0.1, 0.15) is 0 Å². The van der Waals surface area contributed by atoms with E-state index in [2.05, 4.69) is 19.2 Å². The van der Waals surface area contributed by atoms with Gasteiger partial charge in [-0.1, -0.05) is 33.1 Å². The molecule has 3 nitrogen and oxygen atoms in total. The average molecular weight is 223 g/mol. The van der Waals surface area contributed by atoms with Crippen molar-refractivity contribution >= 4 is 6.03 Å². The lowest BCUT2D eigenvalue weighted by molar-refractivity contribution is 0.201. The number of amides is 2. The van der Waals surface area contributed by atoms with E-state index in [4.69, 9.17) is 0 Å². The fraction of sp³-hybridized carbons (Fsp3) is 0.846. The molecule has 0 bridgehead atoms. The Balaban J connectivity index is 1.79. The average Bonchev–Trinajstić information content (AvgIpc) is 2.60. The van der Waals surface area contributed by atoms with E-state index in [1.807, 2.05) is 11.4 Å². The minimum absolute atomic E-state index is 0.109. The lowest BCUT2D eigenvalue weighted by Crippen LogP contribution is -2.44. The van der Waals surface area contributed by atoms with E-state index < -0.39 is 0 Å². The number of carbonyl (C=O) groups is 1. The third-order valence-corrected chi connectivity index (χ3v) is 3.66. The van der Waals surface area contributed by atoms with Crippen LogP contribution in [0.5, 0.6) is 0 Å². The van der Waals surface area contributed by atoms with Gasteiger partial charge in [-0.2, -0.15) is 0 Å². The van der Waals surface area contributed by atoms with Gasteiger partial charge in [-0.3, -0.25) is 0 Å². The molecule has 1 aliphatic carbocycles. The highest BCUT2D eigenvalue weighted by Crippen LogP contribution is 2.31. The van der Waals surface area contributed by atoms with Gasteiger partial charge in [0, 0.05) is 12.6 Å². The monoisotopic (exact) mass is 223 g/mol. The van der Waals surface area contributed by atoms with Crippen molar-refractivity contribution in [2.24, 2.45) is 5.41 Å². The standard InChI is InChI=1S/C13H23N2O/c1-13(2)8-9-15(10-13)12(16)14-11-6-4-3-5-7-11/h9,11H,3-8,10H2,1-2H3,(H,14,16). The summed E-state index contributed by atoms with van der Waals surface area (Å²) in [5.41, 5.74) is 0.254. The highest BCUT2D eigenvalue weighted by molar-refractivity contribution is 5.75. The quantitative estimate of drug-likeness (QED) is 0.728. The molecule has 1 radical (unpaired) electrons. The van der Waals surface area contributed by atoms with E-state index in [1.165, 1.54) is 19.3 Å². The van der Waals surface area contributed by atoms with Gasteiger partial charge in [0.05, 0.1) is 6.54 Å². The van der Waals surface area contributed by atoms with Gasteiger partial charge in [-0.25, -0.2) is 4.79 Å². The van der Waals surface area contributed by atoms with Crippen LogP contribution in [0.3, 0.4) is 0 Å². The summed E-state index contributed by atoms with van der Waals surface area (Å²) < 4.78 is 0. The number of nitrogens with one attached hydrogen (secondary N) is 1. The maximum absolute atomic E-state index is 12.0. The molecule has 1 saturated heterocycles. The van der Waals surface area contributed by atoms with E-state index in [9.17, 15) is 4.79 Å². The Morgan fingerprint density at radius 1 is 1.31 bits per heavy atom. The van der Waals surface area contributed by atoms with Crippen LogP contribution in [0.25, 0.3) is 0 Å². The third kappa shape index (κ3) is 2.89. The SMILES string of the molecule is CC1(C)C[CH]N(C(=O)NC2CCCCC2)C1. The van der Waals surface area contributed by atoms with Gasteiger partial charge >= 0.3 is 6.03 Å². The molecule has 2 fully saturated rings. The van der Waals surface area contributed by atoms with E-state index in [0.717, 1.165) is 25.8 Å². The summed E-state index contributed by atoms with van der Waals surface area (Å²) in [6.45, 7) is 7.30. The maximum Gasteiger partial charge on any atom is 0.317 e. The van der Waals surface area contributed by atoms with Gasteiger partial charge in [0.2, 0.25) is 0 Å². The lowest BCUT2D eigenvalue weighted by Gasteiger charge is -2.26. The fourth-order valence-corrected chi connectivity index (χ4v) is 2.61. The summed E-state index contributed by atoms with van der Waals surface area (Å²) >= 11 is 0. The van der Waals surface area contributed by atoms with Crippen LogP contribution in [0.15, 0.2) is 0 Å². The second-order valence-corrected chi connectivity index (χ2v) is 5.96. The van der Waals surface area contributed by atoms with Crippen molar-refractivity contribution in [1.82, 2.24) is 10.2 Å². The lowest BCUT2D eigenvalue weighted by atomic mass is 9.93. The molecule has 2 aliphatic rings. The van der Waals surface area contributed by atoms with E-state index in [-0.39, 0.29) is 11.4 Å². The van der Waals surface area contributed by atoms with Crippen molar-refractivity contribution in [2.45, 2.75) is 58.4 Å². The first-order valence-corrected chi connectivity index (χ1v) is 6.47. The zero-order chi connectivity index (χ0) is 11.6. The second-order valence-electron chi connectivity index (χ2n) is 5.96. The van der Waals surface area contributed by atoms with E-state index in [1.54, 1.807) is 0 Å². The molecule has 2 amide bonds. The van der Waals surface area contributed by atoms with E-state index in [0.29, 0.717) is 6.04 Å². The van der Waals surface area contributed by atoms with Crippen molar-refractivity contribution in [2.75, 3.05) is 6.54 Å². The summed E-state index contributed by atoms with van der Waals surface area (Å²) in [6, 6.07) is 0.524. The molecule has 2 rings (SSSR count). The summed E-state index contributed by atoms with van der Waals surface area (Å²) in [7, 11) is 0. The number of carbonyl (C=O) groups excluding carboxylic acids is 1. The van der Waals surface area contributed by atoms with E-state index >= 15 is 0 Å². The van der Waals surface area contributed by atoms with Gasteiger partial charge in [-0.05, 0) is 24.7 Å². The molecule has 0 atom stereocenters. The molecular weight excluding hydrogens is 200 g/mol. The van der Waals surface area contributed by atoms with Crippen LogP contribution >= 0.6 is 0 Å². The Kier molecular flexibility index (Phi) is 3.41. The second kappa shape index (κ2) is 4.64. The summed E-state index contributed by atoms with van der Waals surface area (Å²) in [4.78, 5) is 13.8. The normalized spacial score (nSPS) is 25.8. The molecule has 1 aliphatic heterocycles. The molecule has 1 N–H and O–H groups in total. The first kappa shape index (κ1) is 11.7. The molecule has 91 valence electrons. The Morgan fingerprint density at radius 2 is 2.00 bits per heavy atom. The van der Waals surface area contributed by atoms with Crippen molar-refractivity contribution in [1.29, 1.82) is 0 Å². The van der Waals surface area contributed by atoms with Crippen LogP contribution in [0.2, 0.25) is 0 Å². The predicted octanol–water partition coefficient (Wildman–Crippen LogP) is 2.92. The Bertz CT molecular complexity index is 257. The van der Waals surface area contributed by atoms with Crippen LogP contribution in [0, 0.1) is 12.0 Å². The zero-order valence-corrected chi connectivity index (χ0v) is 10.5. The van der Waals surface area contributed by atoms with Crippen LogP contribution in [-0.2, 0) is 0 Å². The van der Waals surface area contributed by atoms with Crippen molar-refractivity contribution in [3.63, 3.8) is 0 Å². The largest absolute Gasteiger partial charge is 0.335 e. The number of urea groups is 1. The molecule has 1 saturated carbocycles. The third-order valence-electron chi connectivity index (χ3n) is 3.66. The number of hydrogen-bond acceptors (Lipinski definition) is 1. The van der Waals surface area contributed by atoms with Crippen molar-refractivity contribution < 1.29 is 4.79 Å². The minimum atomic E-state index is 0.109. The molecule has 1 heterocycles. The molecule has 16 heavy (non-hydrogen) atoms. The summed E-state index contributed by atoms with van der Waals surface area (Å²) in [6.07, 6.45) is 7.17. The van der Waals surface area contributed by atoms with Crippen LogP contribution in [-0.4, -0.2) is 23.5 Å². The first-order valence-electron chi connectivity index (χ1n) is 6.47. The number of likely N-dealkylation sites (tertiary alicyclic amines) is 1. The van der Waals surface area contributed by atoms with Gasteiger partial charge in [-0.15, -0.1) is 0 Å². The van der Waals surface area contributed by atoms with Crippen molar-refractivity contribution in [3.05, 3.63) is 6.54 Å². The molecule has 0 aromatic carbocycles. The number of hydrogen-bond donors (Lipinski definition) is 1. The topological polar surface area (TPSA) is 32.3 Å². The Morgan fingerprint density at radius 3 is 2.56 bits per heavy atom. The Labute approximate surface area is 98.6 Å². The maximum atomic E-state index is 12.0.